The zero-order chi connectivity index (χ0) is 15.3. The lowest BCUT2D eigenvalue weighted by atomic mass is 10.0. The number of rotatable bonds is 6. The molecule has 112 valence electrons. The van der Waals surface area contributed by atoms with Crippen LogP contribution >= 0.6 is 0 Å². The lowest BCUT2D eigenvalue weighted by molar-refractivity contribution is 0.0474. The molecule has 0 spiro atoms. The van der Waals surface area contributed by atoms with Gasteiger partial charge >= 0.3 is 0 Å². The maximum atomic E-state index is 12.7. The highest BCUT2D eigenvalue weighted by Gasteiger charge is 2.28. The molecule has 0 bridgehead atoms. The molecular formula is C16H26N2O2. The maximum absolute atomic E-state index is 12.7. The van der Waals surface area contributed by atoms with Crippen LogP contribution in [0.3, 0.4) is 0 Å². The Balaban J connectivity index is 3.10. The predicted molar refractivity (Wildman–Crippen MR) is 83.2 cm³/mol. The second-order valence-corrected chi connectivity index (χ2v) is 5.81. The van der Waals surface area contributed by atoms with Crippen LogP contribution in [-0.2, 0) is 0 Å². The van der Waals surface area contributed by atoms with E-state index in [1.165, 1.54) is 0 Å². The summed E-state index contributed by atoms with van der Waals surface area (Å²) in [5, 5.41) is 12.7. The Bertz CT molecular complexity index is 470. The number of benzene rings is 1. The minimum atomic E-state index is -0.581. The van der Waals surface area contributed by atoms with E-state index in [4.69, 9.17) is 0 Å². The first-order valence-corrected chi connectivity index (χ1v) is 7.07. The van der Waals surface area contributed by atoms with E-state index in [1.807, 2.05) is 39.0 Å². The van der Waals surface area contributed by atoms with Gasteiger partial charge in [-0.2, -0.15) is 0 Å². The van der Waals surface area contributed by atoms with Gasteiger partial charge in [-0.1, -0.05) is 18.6 Å². The molecule has 0 aromatic heterocycles. The number of carbonyl (C=O) groups is 1. The minimum absolute atomic E-state index is 0.0707. The first kappa shape index (κ1) is 16.5. The summed E-state index contributed by atoms with van der Waals surface area (Å²) in [6.07, 6.45) is 0.999. The van der Waals surface area contributed by atoms with Gasteiger partial charge in [0.05, 0.1) is 17.7 Å². The number of aryl methyl sites for hydroxylation is 1. The van der Waals surface area contributed by atoms with E-state index in [0.29, 0.717) is 5.56 Å². The zero-order valence-corrected chi connectivity index (χ0v) is 13.2. The first-order valence-electron chi connectivity index (χ1n) is 7.07. The van der Waals surface area contributed by atoms with E-state index in [1.54, 1.807) is 11.9 Å². The van der Waals surface area contributed by atoms with Crippen LogP contribution in [0, 0.1) is 6.92 Å². The van der Waals surface area contributed by atoms with Crippen molar-refractivity contribution in [3.8, 4) is 0 Å². The van der Waals surface area contributed by atoms with Crippen LogP contribution in [0.4, 0.5) is 5.69 Å². The summed E-state index contributed by atoms with van der Waals surface area (Å²) in [4.78, 5) is 14.3. The fourth-order valence-electron chi connectivity index (χ4n) is 1.81. The molecule has 0 aliphatic heterocycles. The van der Waals surface area contributed by atoms with Crippen molar-refractivity contribution in [3.63, 3.8) is 0 Å². The van der Waals surface area contributed by atoms with Gasteiger partial charge in [-0.05, 0) is 39.3 Å². The molecule has 0 radical (unpaired) electrons. The van der Waals surface area contributed by atoms with E-state index in [2.05, 4.69) is 12.2 Å². The van der Waals surface area contributed by atoms with E-state index in [0.717, 1.165) is 24.2 Å². The molecule has 0 heterocycles. The molecule has 0 saturated carbocycles. The predicted octanol–water partition coefficient (Wildman–Crippen LogP) is 2.66. The summed E-state index contributed by atoms with van der Waals surface area (Å²) in [6.45, 7) is 8.51. The van der Waals surface area contributed by atoms with Gasteiger partial charge in [-0.15, -0.1) is 0 Å². The molecule has 0 aliphatic rings. The van der Waals surface area contributed by atoms with E-state index < -0.39 is 5.54 Å². The third kappa shape index (κ3) is 3.73. The zero-order valence-electron chi connectivity index (χ0n) is 13.2. The van der Waals surface area contributed by atoms with Gasteiger partial charge in [0.1, 0.15) is 0 Å². The minimum Gasteiger partial charge on any atom is -0.394 e. The van der Waals surface area contributed by atoms with Gasteiger partial charge in [-0.25, -0.2) is 0 Å². The highest BCUT2D eigenvalue weighted by Crippen LogP contribution is 2.22. The Labute approximate surface area is 121 Å². The molecule has 1 rings (SSSR count). The second kappa shape index (κ2) is 6.75. The number of hydrogen-bond acceptors (Lipinski definition) is 3. The lowest BCUT2D eigenvalue weighted by Crippen LogP contribution is -2.47. The van der Waals surface area contributed by atoms with Gasteiger partial charge in [-0.3, -0.25) is 4.79 Å². The summed E-state index contributed by atoms with van der Waals surface area (Å²) >= 11 is 0. The van der Waals surface area contributed by atoms with Crippen molar-refractivity contribution >= 4 is 11.6 Å². The molecule has 2 N–H and O–H groups in total. The Morgan fingerprint density at radius 1 is 1.40 bits per heavy atom. The Morgan fingerprint density at radius 3 is 2.60 bits per heavy atom. The largest absolute Gasteiger partial charge is 0.394 e. The van der Waals surface area contributed by atoms with Crippen molar-refractivity contribution < 1.29 is 9.90 Å². The molecule has 20 heavy (non-hydrogen) atoms. The third-order valence-corrected chi connectivity index (χ3v) is 3.57. The van der Waals surface area contributed by atoms with Crippen LogP contribution in [0.5, 0.6) is 0 Å². The van der Waals surface area contributed by atoms with Crippen LogP contribution in [0.1, 0.15) is 43.1 Å². The molecule has 0 fully saturated rings. The second-order valence-electron chi connectivity index (χ2n) is 5.81. The van der Waals surface area contributed by atoms with Crippen LogP contribution in [-0.4, -0.2) is 41.7 Å². The highest BCUT2D eigenvalue weighted by atomic mass is 16.3. The van der Waals surface area contributed by atoms with Crippen molar-refractivity contribution in [2.45, 2.75) is 39.7 Å². The number of nitrogens with zero attached hydrogens (tertiary/aromatic N) is 1. The number of likely N-dealkylation sites (N-methyl/N-ethyl adjacent to an activating group) is 1. The molecule has 4 nitrogen and oxygen atoms in total. The topological polar surface area (TPSA) is 52.6 Å². The number of amides is 1. The summed E-state index contributed by atoms with van der Waals surface area (Å²) < 4.78 is 0. The Morgan fingerprint density at radius 2 is 2.05 bits per heavy atom. The first-order chi connectivity index (χ1) is 9.33. The molecular weight excluding hydrogens is 252 g/mol. The van der Waals surface area contributed by atoms with Crippen molar-refractivity contribution in [2.24, 2.45) is 0 Å². The van der Waals surface area contributed by atoms with Gasteiger partial charge in [0.2, 0.25) is 0 Å². The van der Waals surface area contributed by atoms with E-state index >= 15 is 0 Å². The highest BCUT2D eigenvalue weighted by molar-refractivity contribution is 6.00. The van der Waals surface area contributed by atoms with E-state index in [-0.39, 0.29) is 12.5 Å². The molecule has 0 saturated heterocycles. The van der Waals surface area contributed by atoms with Crippen molar-refractivity contribution in [1.82, 2.24) is 4.90 Å². The van der Waals surface area contributed by atoms with Gasteiger partial charge in [0.15, 0.2) is 0 Å². The third-order valence-electron chi connectivity index (χ3n) is 3.57. The van der Waals surface area contributed by atoms with Crippen molar-refractivity contribution in [2.75, 3.05) is 25.5 Å². The standard InChI is InChI=1S/C16H26N2O2/c1-6-9-17-14-8-7-12(2)10-13(14)15(20)18(5)16(3,4)11-19/h7-8,10,17,19H,6,9,11H2,1-5H3. The van der Waals surface area contributed by atoms with Crippen LogP contribution in [0.15, 0.2) is 18.2 Å². The molecule has 0 aliphatic carbocycles. The monoisotopic (exact) mass is 278 g/mol. The van der Waals surface area contributed by atoms with Gasteiger partial charge < -0.3 is 15.3 Å². The average Bonchev–Trinajstić information content (AvgIpc) is 2.44. The smallest absolute Gasteiger partial charge is 0.256 e. The summed E-state index contributed by atoms with van der Waals surface area (Å²) in [5.41, 5.74) is 1.97. The van der Waals surface area contributed by atoms with Gasteiger partial charge in [0, 0.05) is 19.3 Å². The number of carbonyl (C=O) groups excluding carboxylic acids is 1. The molecule has 4 heteroatoms. The fourth-order valence-corrected chi connectivity index (χ4v) is 1.81. The number of aliphatic hydroxyl groups excluding tert-OH is 1. The Kier molecular flexibility index (Phi) is 5.57. The molecule has 1 aromatic rings. The SMILES string of the molecule is CCCNc1ccc(C)cc1C(=O)N(C)C(C)(C)CO. The quantitative estimate of drug-likeness (QED) is 0.841. The maximum Gasteiger partial charge on any atom is 0.256 e. The van der Waals surface area contributed by atoms with Crippen LogP contribution in [0.2, 0.25) is 0 Å². The number of aliphatic hydroxyl groups is 1. The van der Waals surface area contributed by atoms with Crippen molar-refractivity contribution in [3.05, 3.63) is 29.3 Å². The Hall–Kier alpha value is -1.55. The lowest BCUT2D eigenvalue weighted by Gasteiger charge is -2.34. The number of hydrogen-bond donors (Lipinski definition) is 2. The van der Waals surface area contributed by atoms with Crippen molar-refractivity contribution in [1.29, 1.82) is 0 Å². The number of anilines is 1. The summed E-state index contributed by atoms with van der Waals surface area (Å²) in [6, 6.07) is 5.83. The van der Waals surface area contributed by atoms with Crippen LogP contribution in [0.25, 0.3) is 0 Å². The molecule has 1 amide bonds. The summed E-state index contributed by atoms with van der Waals surface area (Å²) in [7, 11) is 1.73. The summed E-state index contributed by atoms with van der Waals surface area (Å²) in [5.74, 6) is -0.0775. The fraction of sp³-hybridized carbons (Fsp3) is 0.562. The van der Waals surface area contributed by atoms with Crippen LogP contribution < -0.4 is 5.32 Å². The molecule has 0 atom stereocenters. The average molecular weight is 278 g/mol. The van der Waals surface area contributed by atoms with Gasteiger partial charge in [0.25, 0.3) is 5.91 Å². The molecule has 0 unspecified atom stereocenters. The molecule has 1 aromatic carbocycles. The number of nitrogens with one attached hydrogen (secondary N) is 1. The van der Waals surface area contributed by atoms with E-state index in [9.17, 15) is 9.90 Å². The normalized spacial score (nSPS) is 11.3.